The summed E-state index contributed by atoms with van der Waals surface area (Å²) in [6, 6.07) is 0.947. The Labute approximate surface area is 101 Å². The SMILES string of the molecule is O=C(Nc1sccc1C(=O)O)NC1(CO)CC1. The second-order valence-corrected chi connectivity index (χ2v) is 4.90. The third kappa shape index (κ3) is 2.56. The van der Waals surface area contributed by atoms with Gasteiger partial charge in [0, 0.05) is 0 Å². The molecule has 0 bridgehead atoms. The van der Waals surface area contributed by atoms with Crippen molar-refractivity contribution in [2.24, 2.45) is 0 Å². The van der Waals surface area contributed by atoms with E-state index in [9.17, 15) is 9.59 Å². The number of thiophene rings is 1. The lowest BCUT2D eigenvalue weighted by molar-refractivity contribution is 0.0698. The number of carboxylic acid groups (broad SMARTS) is 1. The molecule has 0 atom stereocenters. The van der Waals surface area contributed by atoms with E-state index < -0.39 is 17.5 Å². The molecule has 1 heterocycles. The largest absolute Gasteiger partial charge is 0.478 e. The number of carboxylic acids is 1. The minimum Gasteiger partial charge on any atom is -0.478 e. The van der Waals surface area contributed by atoms with E-state index in [1.807, 2.05) is 0 Å². The van der Waals surface area contributed by atoms with E-state index >= 15 is 0 Å². The molecule has 1 aromatic rings. The van der Waals surface area contributed by atoms with E-state index in [1.165, 1.54) is 6.07 Å². The first-order chi connectivity index (χ1) is 8.06. The van der Waals surface area contributed by atoms with Crippen LogP contribution in [0.25, 0.3) is 0 Å². The number of urea groups is 1. The van der Waals surface area contributed by atoms with Gasteiger partial charge in [0.1, 0.15) is 5.00 Å². The predicted molar refractivity (Wildman–Crippen MR) is 62.5 cm³/mol. The number of nitrogens with one attached hydrogen (secondary N) is 2. The smallest absolute Gasteiger partial charge is 0.338 e. The summed E-state index contributed by atoms with van der Waals surface area (Å²) in [5, 5.41) is 24.9. The first kappa shape index (κ1) is 11.9. The van der Waals surface area contributed by atoms with Gasteiger partial charge in [0.2, 0.25) is 0 Å². The lowest BCUT2D eigenvalue weighted by atomic mass is 10.3. The summed E-state index contributed by atoms with van der Waals surface area (Å²) in [6.07, 6.45) is 1.49. The van der Waals surface area contributed by atoms with Crippen molar-refractivity contribution in [3.05, 3.63) is 17.0 Å². The minimum atomic E-state index is -1.08. The van der Waals surface area contributed by atoms with Crippen LogP contribution in [0.5, 0.6) is 0 Å². The Bertz CT molecular complexity index is 453. The first-order valence-electron chi connectivity index (χ1n) is 5.07. The predicted octanol–water partition coefficient (Wildman–Crippen LogP) is 1.09. The maximum Gasteiger partial charge on any atom is 0.338 e. The number of aromatic carboxylic acids is 1. The molecule has 0 saturated heterocycles. The third-order valence-electron chi connectivity index (χ3n) is 2.66. The number of hydrogen-bond acceptors (Lipinski definition) is 4. The van der Waals surface area contributed by atoms with Crippen LogP contribution in [0.15, 0.2) is 11.4 Å². The lowest BCUT2D eigenvalue weighted by Crippen LogP contribution is -2.42. The van der Waals surface area contributed by atoms with E-state index in [4.69, 9.17) is 10.2 Å². The molecule has 1 aliphatic carbocycles. The molecule has 1 saturated carbocycles. The van der Waals surface area contributed by atoms with Crippen LogP contribution in [0.2, 0.25) is 0 Å². The molecule has 1 fully saturated rings. The molecule has 7 heteroatoms. The zero-order valence-electron chi connectivity index (χ0n) is 8.90. The maximum atomic E-state index is 11.6. The molecule has 2 amide bonds. The summed E-state index contributed by atoms with van der Waals surface area (Å²) in [4.78, 5) is 22.4. The highest BCUT2D eigenvalue weighted by Gasteiger charge is 2.43. The Morgan fingerprint density at radius 1 is 1.47 bits per heavy atom. The molecular formula is C10H12N2O4S. The van der Waals surface area contributed by atoms with Crippen molar-refractivity contribution in [1.29, 1.82) is 0 Å². The van der Waals surface area contributed by atoms with Crippen LogP contribution in [0, 0.1) is 0 Å². The molecule has 1 aliphatic rings. The van der Waals surface area contributed by atoms with Crippen LogP contribution in [0.1, 0.15) is 23.2 Å². The van der Waals surface area contributed by atoms with Crippen molar-refractivity contribution in [2.45, 2.75) is 18.4 Å². The molecule has 0 aliphatic heterocycles. The summed E-state index contributed by atoms with van der Waals surface area (Å²) < 4.78 is 0. The number of aliphatic hydroxyl groups excluding tert-OH is 1. The number of hydrogen-bond donors (Lipinski definition) is 4. The molecule has 6 nitrogen and oxygen atoms in total. The molecular weight excluding hydrogens is 244 g/mol. The number of anilines is 1. The van der Waals surface area contributed by atoms with Crippen molar-refractivity contribution >= 4 is 28.3 Å². The van der Waals surface area contributed by atoms with Gasteiger partial charge in [0.05, 0.1) is 17.7 Å². The summed E-state index contributed by atoms with van der Waals surface area (Å²) in [5.41, 5.74) is -0.441. The van der Waals surface area contributed by atoms with E-state index in [2.05, 4.69) is 10.6 Å². The lowest BCUT2D eigenvalue weighted by Gasteiger charge is -2.14. The normalized spacial score (nSPS) is 16.3. The van der Waals surface area contributed by atoms with Gasteiger partial charge >= 0.3 is 12.0 Å². The monoisotopic (exact) mass is 256 g/mol. The molecule has 17 heavy (non-hydrogen) atoms. The second-order valence-electron chi connectivity index (χ2n) is 3.99. The first-order valence-corrected chi connectivity index (χ1v) is 5.95. The van der Waals surface area contributed by atoms with Gasteiger partial charge < -0.3 is 15.5 Å². The summed E-state index contributed by atoms with van der Waals surface area (Å²) in [7, 11) is 0. The molecule has 1 aromatic heterocycles. The van der Waals surface area contributed by atoms with Gasteiger partial charge in [-0.3, -0.25) is 5.32 Å². The average Bonchev–Trinajstić information content (AvgIpc) is 2.87. The quantitative estimate of drug-likeness (QED) is 0.648. The van der Waals surface area contributed by atoms with Crippen LogP contribution < -0.4 is 10.6 Å². The van der Waals surface area contributed by atoms with E-state index in [0.717, 1.165) is 24.2 Å². The van der Waals surface area contributed by atoms with Crippen molar-refractivity contribution in [3.63, 3.8) is 0 Å². The van der Waals surface area contributed by atoms with E-state index in [-0.39, 0.29) is 12.2 Å². The molecule has 2 rings (SSSR count). The molecule has 0 spiro atoms. The molecule has 4 N–H and O–H groups in total. The summed E-state index contributed by atoms with van der Waals surface area (Å²) in [5.74, 6) is -1.08. The molecule has 92 valence electrons. The Hall–Kier alpha value is -1.60. The average molecular weight is 256 g/mol. The van der Waals surface area contributed by atoms with Crippen LogP contribution in [-0.2, 0) is 0 Å². The highest BCUT2D eigenvalue weighted by atomic mass is 32.1. The van der Waals surface area contributed by atoms with Gasteiger partial charge in [0.15, 0.2) is 0 Å². The van der Waals surface area contributed by atoms with Gasteiger partial charge in [-0.2, -0.15) is 0 Å². The number of aliphatic hydroxyl groups is 1. The fourth-order valence-electron chi connectivity index (χ4n) is 1.42. The van der Waals surface area contributed by atoms with Crippen LogP contribution in [0.3, 0.4) is 0 Å². The summed E-state index contributed by atoms with van der Waals surface area (Å²) >= 11 is 1.14. The molecule has 0 aromatic carbocycles. The Kier molecular flexibility index (Phi) is 3.03. The number of carbonyl (C=O) groups excluding carboxylic acids is 1. The van der Waals surface area contributed by atoms with E-state index in [1.54, 1.807) is 5.38 Å². The van der Waals surface area contributed by atoms with Crippen LogP contribution in [0.4, 0.5) is 9.80 Å². The zero-order valence-corrected chi connectivity index (χ0v) is 9.71. The van der Waals surface area contributed by atoms with Crippen molar-refractivity contribution in [1.82, 2.24) is 5.32 Å². The van der Waals surface area contributed by atoms with E-state index in [0.29, 0.717) is 5.00 Å². The minimum absolute atomic E-state index is 0.0685. The number of rotatable bonds is 4. The number of amides is 2. The van der Waals surface area contributed by atoms with Gasteiger partial charge in [-0.1, -0.05) is 0 Å². The van der Waals surface area contributed by atoms with Gasteiger partial charge in [-0.25, -0.2) is 9.59 Å². The molecule has 0 unspecified atom stereocenters. The second kappa shape index (κ2) is 4.34. The third-order valence-corrected chi connectivity index (χ3v) is 3.49. The zero-order chi connectivity index (χ0) is 12.5. The standard InChI is InChI=1S/C10H12N2O4S/c13-5-10(2-3-10)12-9(16)11-7-6(8(14)15)1-4-17-7/h1,4,13H,2-3,5H2,(H,14,15)(H2,11,12,16). The fourth-order valence-corrected chi connectivity index (χ4v) is 2.20. The fraction of sp³-hybridized carbons (Fsp3) is 0.400. The molecule has 0 radical (unpaired) electrons. The van der Waals surface area contributed by atoms with Gasteiger partial charge in [-0.15, -0.1) is 11.3 Å². The maximum absolute atomic E-state index is 11.6. The Balaban J connectivity index is 1.98. The van der Waals surface area contributed by atoms with Crippen LogP contribution in [-0.4, -0.2) is 34.4 Å². The highest BCUT2D eigenvalue weighted by molar-refractivity contribution is 7.14. The van der Waals surface area contributed by atoms with Gasteiger partial charge in [0.25, 0.3) is 0 Å². The van der Waals surface area contributed by atoms with Crippen molar-refractivity contribution < 1.29 is 19.8 Å². The summed E-state index contributed by atoms with van der Waals surface area (Å²) in [6.45, 7) is -0.101. The topological polar surface area (TPSA) is 98.7 Å². The Morgan fingerprint density at radius 2 is 2.18 bits per heavy atom. The van der Waals surface area contributed by atoms with Gasteiger partial charge in [-0.05, 0) is 24.3 Å². The highest BCUT2D eigenvalue weighted by Crippen LogP contribution is 2.34. The van der Waals surface area contributed by atoms with Crippen LogP contribution >= 0.6 is 11.3 Å². The van der Waals surface area contributed by atoms with Crippen molar-refractivity contribution in [2.75, 3.05) is 11.9 Å². The Morgan fingerprint density at radius 3 is 2.71 bits per heavy atom. The number of carbonyl (C=O) groups is 2. The van der Waals surface area contributed by atoms with Crippen molar-refractivity contribution in [3.8, 4) is 0 Å².